The summed E-state index contributed by atoms with van der Waals surface area (Å²) >= 11 is 5.33. The first-order valence-electron chi connectivity index (χ1n) is 4.12. The van der Waals surface area contributed by atoms with Gasteiger partial charge in [0.2, 0.25) is 0 Å². The zero-order chi connectivity index (χ0) is 7.90. The Balaban J connectivity index is 1.99. The van der Waals surface area contributed by atoms with Crippen LogP contribution < -0.4 is 0 Å². The third-order valence-corrected chi connectivity index (χ3v) is 2.88. The number of carbonyl (C=O) groups is 1. The lowest BCUT2D eigenvalue weighted by atomic mass is 9.87. The fraction of sp³-hybridized carbons (Fsp3) is 0.875. The van der Waals surface area contributed by atoms with Crippen LogP contribution in [0.5, 0.6) is 0 Å². The van der Waals surface area contributed by atoms with Gasteiger partial charge in [0.05, 0.1) is 0 Å². The predicted molar refractivity (Wildman–Crippen MR) is 41.5 cm³/mol. The Morgan fingerprint density at radius 2 is 2.00 bits per heavy atom. The molecule has 1 atom stereocenters. The zero-order valence-electron chi connectivity index (χ0n) is 6.31. The van der Waals surface area contributed by atoms with E-state index >= 15 is 0 Å². The van der Waals surface area contributed by atoms with Gasteiger partial charge < -0.3 is 4.74 Å². The number of hydrogen-bond acceptors (Lipinski definition) is 2. The van der Waals surface area contributed by atoms with Gasteiger partial charge in [-0.15, -0.1) is 0 Å². The fourth-order valence-corrected chi connectivity index (χ4v) is 2.23. The SMILES string of the molecule is O=C(Cl)[C@@H]1OC12CCCCC2. The van der Waals surface area contributed by atoms with Gasteiger partial charge in [-0.1, -0.05) is 19.3 Å². The summed E-state index contributed by atoms with van der Waals surface area (Å²) in [5, 5.41) is -0.313. The van der Waals surface area contributed by atoms with Crippen molar-refractivity contribution < 1.29 is 9.53 Å². The van der Waals surface area contributed by atoms with E-state index in [0.29, 0.717) is 0 Å². The summed E-state index contributed by atoms with van der Waals surface area (Å²) in [6, 6.07) is 0. The van der Waals surface area contributed by atoms with E-state index in [9.17, 15) is 4.79 Å². The highest BCUT2D eigenvalue weighted by molar-refractivity contribution is 6.65. The van der Waals surface area contributed by atoms with Crippen molar-refractivity contribution in [3.63, 3.8) is 0 Å². The molecule has 1 saturated carbocycles. The molecule has 0 unspecified atom stereocenters. The Labute approximate surface area is 70.9 Å². The van der Waals surface area contributed by atoms with Crippen molar-refractivity contribution in [2.45, 2.75) is 43.8 Å². The molecule has 1 spiro atoms. The molecule has 0 bridgehead atoms. The Bertz CT molecular complexity index is 185. The summed E-state index contributed by atoms with van der Waals surface area (Å²) in [6.45, 7) is 0. The van der Waals surface area contributed by atoms with E-state index in [-0.39, 0.29) is 16.9 Å². The predicted octanol–water partition coefficient (Wildman–Crippen LogP) is 1.85. The number of carbonyl (C=O) groups excluding carboxylic acids is 1. The molecule has 0 aromatic rings. The maximum absolute atomic E-state index is 10.7. The molecular formula is C8H11ClO2. The largest absolute Gasteiger partial charge is 0.356 e. The van der Waals surface area contributed by atoms with Crippen LogP contribution in [0.4, 0.5) is 0 Å². The minimum Gasteiger partial charge on any atom is -0.356 e. The molecule has 0 aromatic heterocycles. The number of ether oxygens (including phenoxy) is 1. The van der Waals surface area contributed by atoms with Crippen molar-refractivity contribution in [1.29, 1.82) is 0 Å². The molecule has 2 fully saturated rings. The average molecular weight is 175 g/mol. The van der Waals surface area contributed by atoms with Crippen molar-refractivity contribution in [2.75, 3.05) is 0 Å². The normalized spacial score (nSPS) is 33.7. The van der Waals surface area contributed by atoms with Crippen molar-refractivity contribution in [1.82, 2.24) is 0 Å². The standard InChI is InChI=1S/C8H11ClO2/c9-7(10)6-8(11-6)4-2-1-3-5-8/h6H,1-5H2/t6-/m0/s1. The van der Waals surface area contributed by atoms with Crippen LogP contribution in [0.1, 0.15) is 32.1 Å². The highest BCUT2D eigenvalue weighted by Crippen LogP contribution is 2.48. The molecule has 1 saturated heterocycles. The van der Waals surface area contributed by atoms with Crippen molar-refractivity contribution >= 4 is 16.8 Å². The minimum atomic E-state index is -0.313. The third kappa shape index (κ3) is 1.18. The van der Waals surface area contributed by atoms with Crippen LogP contribution in [-0.4, -0.2) is 16.9 Å². The van der Waals surface area contributed by atoms with Crippen LogP contribution >= 0.6 is 11.6 Å². The highest BCUT2D eigenvalue weighted by Gasteiger charge is 2.59. The maximum Gasteiger partial charge on any atom is 0.253 e. The Hall–Kier alpha value is -0.0800. The molecule has 3 heteroatoms. The number of epoxide rings is 1. The van der Waals surface area contributed by atoms with E-state index in [1.807, 2.05) is 0 Å². The number of rotatable bonds is 1. The molecule has 1 heterocycles. The van der Waals surface area contributed by atoms with Gasteiger partial charge in [-0.05, 0) is 24.4 Å². The summed E-state index contributed by atoms with van der Waals surface area (Å²) in [6.07, 6.45) is 5.41. The van der Waals surface area contributed by atoms with E-state index in [1.54, 1.807) is 0 Å². The monoisotopic (exact) mass is 174 g/mol. The van der Waals surface area contributed by atoms with Crippen molar-refractivity contribution in [3.05, 3.63) is 0 Å². The minimum absolute atomic E-state index is 0.114. The molecule has 2 nitrogen and oxygen atoms in total. The lowest BCUT2D eigenvalue weighted by Crippen LogP contribution is -2.21. The van der Waals surface area contributed by atoms with Gasteiger partial charge in [0.25, 0.3) is 5.24 Å². The molecule has 2 aliphatic rings. The number of hydrogen-bond donors (Lipinski definition) is 0. The molecule has 0 N–H and O–H groups in total. The molecule has 1 aliphatic heterocycles. The van der Waals surface area contributed by atoms with Crippen molar-refractivity contribution in [2.24, 2.45) is 0 Å². The molecule has 1 aliphatic carbocycles. The molecule has 0 radical (unpaired) electrons. The number of halogens is 1. The van der Waals surface area contributed by atoms with E-state index in [1.165, 1.54) is 19.3 Å². The summed E-state index contributed by atoms with van der Waals surface area (Å²) < 4.78 is 5.33. The second-order valence-electron chi connectivity index (χ2n) is 3.43. The molecule has 2 rings (SSSR count). The summed E-state index contributed by atoms with van der Waals surface area (Å²) in [4.78, 5) is 10.7. The molecule has 62 valence electrons. The topological polar surface area (TPSA) is 29.6 Å². The van der Waals surface area contributed by atoms with Gasteiger partial charge in [0.1, 0.15) is 5.60 Å². The molecule has 0 aromatic carbocycles. The van der Waals surface area contributed by atoms with Crippen LogP contribution in [0.15, 0.2) is 0 Å². The lowest BCUT2D eigenvalue weighted by Gasteiger charge is -2.17. The van der Waals surface area contributed by atoms with Gasteiger partial charge >= 0.3 is 0 Å². The first-order valence-corrected chi connectivity index (χ1v) is 4.50. The summed E-state index contributed by atoms with van der Waals surface area (Å²) in [5.41, 5.74) is -0.114. The van der Waals surface area contributed by atoms with Crippen molar-refractivity contribution in [3.8, 4) is 0 Å². The van der Waals surface area contributed by atoms with E-state index in [2.05, 4.69) is 0 Å². The van der Waals surface area contributed by atoms with Gasteiger partial charge in [0.15, 0.2) is 6.10 Å². The van der Waals surface area contributed by atoms with Crippen LogP contribution in [0.25, 0.3) is 0 Å². The van der Waals surface area contributed by atoms with Gasteiger partial charge in [0, 0.05) is 0 Å². The van der Waals surface area contributed by atoms with E-state index < -0.39 is 0 Å². The second kappa shape index (κ2) is 2.46. The van der Waals surface area contributed by atoms with Crippen LogP contribution in [0.2, 0.25) is 0 Å². The van der Waals surface area contributed by atoms with E-state index in [0.717, 1.165) is 12.8 Å². The van der Waals surface area contributed by atoms with Gasteiger partial charge in [-0.25, -0.2) is 0 Å². The Morgan fingerprint density at radius 1 is 1.36 bits per heavy atom. The van der Waals surface area contributed by atoms with E-state index in [4.69, 9.17) is 16.3 Å². The third-order valence-electron chi connectivity index (χ3n) is 2.68. The molecule has 0 amide bonds. The second-order valence-corrected chi connectivity index (χ2v) is 3.80. The maximum atomic E-state index is 10.7. The highest BCUT2D eigenvalue weighted by atomic mass is 35.5. The first kappa shape index (κ1) is 7.56. The van der Waals surface area contributed by atoms with Crippen LogP contribution in [-0.2, 0) is 9.53 Å². The quantitative estimate of drug-likeness (QED) is 0.449. The average Bonchev–Trinajstić information content (AvgIpc) is 2.66. The van der Waals surface area contributed by atoms with Gasteiger partial charge in [-0.3, -0.25) is 4.79 Å². The molecular weight excluding hydrogens is 164 g/mol. The fourth-order valence-electron chi connectivity index (χ4n) is 1.98. The summed E-state index contributed by atoms with van der Waals surface area (Å²) in [5.74, 6) is 0. The Morgan fingerprint density at radius 3 is 2.45 bits per heavy atom. The smallest absolute Gasteiger partial charge is 0.253 e. The Kier molecular flexibility index (Phi) is 1.69. The lowest BCUT2D eigenvalue weighted by molar-refractivity contribution is -0.112. The van der Waals surface area contributed by atoms with Crippen LogP contribution in [0, 0.1) is 0 Å². The van der Waals surface area contributed by atoms with Crippen LogP contribution in [0.3, 0.4) is 0 Å². The molecule has 11 heavy (non-hydrogen) atoms. The van der Waals surface area contributed by atoms with Gasteiger partial charge in [-0.2, -0.15) is 0 Å². The summed E-state index contributed by atoms with van der Waals surface area (Å²) in [7, 11) is 0. The zero-order valence-corrected chi connectivity index (χ0v) is 7.06. The first-order chi connectivity index (χ1) is 5.25.